The van der Waals surface area contributed by atoms with E-state index in [1.54, 1.807) is 0 Å². The molecule has 4 atom stereocenters. The monoisotopic (exact) mass is 352 g/mol. The lowest BCUT2D eigenvalue weighted by Gasteiger charge is -2.23. The van der Waals surface area contributed by atoms with Gasteiger partial charge in [0.05, 0.1) is 12.6 Å². The van der Waals surface area contributed by atoms with Crippen LogP contribution in [0.2, 0.25) is 0 Å². The number of alkyl halides is 3. The van der Waals surface area contributed by atoms with Crippen molar-refractivity contribution >= 4 is 18.2 Å². The molecule has 23 heavy (non-hydrogen) atoms. The Balaban J connectivity index is -0.000000307. The SMILES string of the molecule is N=C(N)N.N[C@@H](C=O)[C@@H](O)[C@H](O)[C@H](O)CO.O=C(O)C(F)(F)F. The summed E-state index contributed by atoms with van der Waals surface area (Å²) >= 11 is 0. The number of halogens is 3. The van der Waals surface area contributed by atoms with Crippen molar-refractivity contribution in [2.24, 2.45) is 17.2 Å². The molecule has 12 N–H and O–H groups in total. The molecule has 138 valence electrons. The second kappa shape index (κ2) is 12.5. The predicted molar refractivity (Wildman–Crippen MR) is 68.9 cm³/mol. The summed E-state index contributed by atoms with van der Waals surface area (Å²) in [6.45, 7) is -0.705. The second-order valence-electron chi connectivity index (χ2n) is 3.70. The lowest BCUT2D eigenvalue weighted by molar-refractivity contribution is -0.192. The van der Waals surface area contributed by atoms with E-state index in [0.717, 1.165) is 0 Å². The highest BCUT2D eigenvalue weighted by atomic mass is 19.4. The molecule has 0 spiro atoms. The van der Waals surface area contributed by atoms with E-state index in [9.17, 15) is 18.0 Å². The van der Waals surface area contributed by atoms with Crippen molar-refractivity contribution in [2.45, 2.75) is 30.5 Å². The number of guanidine groups is 1. The molecule has 0 radical (unpaired) electrons. The van der Waals surface area contributed by atoms with Gasteiger partial charge in [-0.2, -0.15) is 13.2 Å². The lowest BCUT2D eigenvalue weighted by Crippen LogP contribution is -2.49. The largest absolute Gasteiger partial charge is 0.490 e. The molecule has 0 unspecified atom stereocenters. The molecule has 0 aromatic rings. The zero-order chi connectivity index (χ0) is 19.4. The first-order valence-corrected chi connectivity index (χ1v) is 5.47. The van der Waals surface area contributed by atoms with E-state index in [1.807, 2.05) is 0 Å². The zero-order valence-corrected chi connectivity index (χ0v) is 11.5. The molecule has 14 heteroatoms. The van der Waals surface area contributed by atoms with E-state index < -0.39 is 43.1 Å². The topological polar surface area (TPSA) is 237 Å². The number of nitrogens with one attached hydrogen (secondary N) is 1. The van der Waals surface area contributed by atoms with Gasteiger partial charge in [-0.25, -0.2) is 4.79 Å². The number of carbonyl (C=O) groups excluding carboxylic acids is 1. The van der Waals surface area contributed by atoms with Crippen LogP contribution in [0.15, 0.2) is 0 Å². The number of hydrogen-bond donors (Lipinski definition) is 9. The molecule has 0 bridgehead atoms. The van der Waals surface area contributed by atoms with Gasteiger partial charge in [0.1, 0.15) is 24.6 Å². The van der Waals surface area contributed by atoms with Crippen LogP contribution in [0.1, 0.15) is 0 Å². The van der Waals surface area contributed by atoms with Gasteiger partial charge in [0.15, 0.2) is 5.96 Å². The molecule has 0 saturated heterocycles. The van der Waals surface area contributed by atoms with E-state index in [1.165, 1.54) is 0 Å². The average molecular weight is 352 g/mol. The van der Waals surface area contributed by atoms with Crippen molar-refractivity contribution in [2.75, 3.05) is 6.61 Å². The summed E-state index contributed by atoms with van der Waals surface area (Å²) in [5.74, 6) is -3.09. The van der Waals surface area contributed by atoms with Crippen LogP contribution in [0, 0.1) is 5.41 Å². The molecule has 0 heterocycles. The fourth-order valence-electron chi connectivity index (χ4n) is 0.644. The number of aliphatic carboxylic acids is 1. The number of aliphatic hydroxyl groups is 4. The van der Waals surface area contributed by atoms with E-state index in [-0.39, 0.29) is 12.2 Å². The molecule has 0 aliphatic heterocycles. The van der Waals surface area contributed by atoms with E-state index in [2.05, 4.69) is 11.5 Å². The highest BCUT2D eigenvalue weighted by molar-refractivity contribution is 5.73. The van der Waals surface area contributed by atoms with Crippen molar-refractivity contribution in [1.29, 1.82) is 5.41 Å². The molecule has 0 amide bonds. The van der Waals surface area contributed by atoms with Crippen LogP contribution < -0.4 is 17.2 Å². The summed E-state index contributed by atoms with van der Waals surface area (Å²) in [6, 6.07) is -1.26. The quantitative estimate of drug-likeness (QED) is 0.132. The molecule has 0 fully saturated rings. The Hall–Kier alpha value is -2.00. The van der Waals surface area contributed by atoms with E-state index >= 15 is 0 Å². The summed E-state index contributed by atoms with van der Waals surface area (Å²) in [5.41, 5.74) is 14.0. The van der Waals surface area contributed by atoms with Gasteiger partial charge in [-0.3, -0.25) is 5.41 Å². The summed E-state index contributed by atoms with van der Waals surface area (Å²) in [4.78, 5) is 18.9. The molecule has 0 saturated carbocycles. The first-order valence-electron chi connectivity index (χ1n) is 5.47. The fourth-order valence-corrected chi connectivity index (χ4v) is 0.644. The van der Waals surface area contributed by atoms with Crippen LogP contribution >= 0.6 is 0 Å². The molecule has 11 nitrogen and oxygen atoms in total. The Morgan fingerprint density at radius 2 is 1.48 bits per heavy atom. The Bertz CT molecular complexity index is 366. The third kappa shape index (κ3) is 16.2. The number of nitrogens with two attached hydrogens (primary N) is 3. The first kappa shape index (κ1) is 25.9. The standard InChI is InChI=1S/C6H13NO5.C2HF3O2.CH5N3/c7-3(1-8)5(11)6(12)4(10)2-9;3-2(4,5)1(6)7;2-1(3)4/h1,3-6,9-12H,2,7H2;(H,6,7);(H5,2,3,4)/t3-,4+,5+,6+;;/m0../s1. The number of rotatable bonds is 5. The van der Waals surface area contributed by atoms with Crippen molar-refractivity contribution in [1.82, 2.24) is 0 Å². The van der Waals surface area contributed by atoms with Crippen LogP contribution in [0.3, 0.4) is 0 Å². The molecule has 0 aliphatic rings. The summed E-state index contributed by atoms with van der Waals surface area (Å²) in [7, 11) is 0. The van der Waals surface area contributed by atoms with Crippen LogP contribution in [-0.4, -0.2) is 80.9 Å². The van der Waals surface area contributed by atoms with Gasteiger partial charge < -0.3 is 47.5 Å². The Morgan fingerprint density at radius 1 is 1.17 bits per heavy atom. The maximum Gasteiger partial charge on any atom is 0.490 e. The average Bonchev–Trinajstić information content (AvgIpc) is 2.42. The van der Waals surface area contributed by atoms with Crippen LogP contribution in [0.5, 0.6) is 0 Å². The Labute approximate surface area is 127 Å². The van der Waals surface area contributed by atoms with Crippen LogP contribution in [0.25, 0.3) is 0 Å². The van der Waals surface area contributed by atoms with Crippen LogP contribution in [-0.2, 0) is 9.59 Å². The van der Waals surface area contributed by atoms with Crippen LogP contribution in [0.4, 0.5) is 13.2 Å². The second-order valence-corrected chi connectivity index (χ2v) is 3.70. The minimum Gasteiger partial charge on any atom is -0.475 e. The molecule has 0 rings (SSSR count). The predicted octanol–water partition coefficient (Wildman–Crippen LogP) is -3.94. The molecule has 0 aromatic heterocycles. The third-order valence-corrected chi connectivity index (χ3v) is 1.73. The number of hydrogen-bond acceptors (Lipinski definition) is 8. The maximum absolute atomic E-state index is 10.6. The van der Waals surface area contributed by atoms with Gasteiger partial charge in [0.25, 0.3) is 0 Å². The van der Waals surface area contributed by atoms with Gasteiger partial charge in [-0.1, -0.05) is 0 Å². The number of carboxylic acid groups (broad SMARTS) is 1. The smallest absolute Gasteiger partial charge is 0.475 e. The van der Waals surface area contributed by atoms with Gasteiger partial charge in [0, 0.05) is 0 Å². The number of carboxylic acids is 1. The van der Waals surface area contributed by atoms with Crippen molar-refractivity contribution in [3.05, 3.63) is 0 Å². The van der Waals surface area contributed by atoms with Gasteiger partial charge >= 0.3 is 12.1 Å². The third-order valence-electron chi connectivity index (χ3n) is 1.73. The van der Waals surface area contributed by atoms with Crippen molar-refractivity contribution < 1.29 is 48.3 Å². The summed E-state index contributed by atoms with van der Waals surface area (Å²) in [6.07, 6.45) is -9.51. The Morgan fingerprint density at radius 3 is 1.65 bits per heavy atom. The zero-order valence-electron chi connectivity index (χ0n) is 11.5. The van der Waals surface area contributed by atoms with Gasteiger partial charge in [-0.05, 0) is 0 Å². The van der Waals surface area contributed by atoms with Gasteiger partial charge in [-0.15, -0.1) is 0 Å². The Kier molecular flexibility index (Phi) is 14.1. The number of aliphatic hydroxyl groups excluding tert-OH is 4. The summed E-state index contributed by atoms with van der Waals surface area (Å²) in [5, 5.41) is 48.3. The van der Waals surface area contributed by atoms with E-state index in [4.69, 9.17) is 41.5 Å². The van der Waals surface area contributed by atoms with Gasteiger partial charge in [0.2, 0.25) is 0 Å². The maximum atomic E-state index is 10.6. The first-order chi connectivity index (χ1) is 10.2. The van der Waals surface area contributed by atoms with E-state index in [0.29, 0.717) is 0 Å². The fraction of sp³-hybridized carbons (Fsp3) is 0.667. The molecular formula is C9H19F3N4O7. The highest BCUT2D eigenvalue weighted by Crippen LogP contribution is 2.13. The van der Waals surface area contributed by atoms with Crippen molar-refractivity contribution in [3.8, 4) is 0 Å². The summed E-state index contributed by atoms with van der Waals surface area (Å²) < 4.78 is 31.7. The van der Waals surface area contributed by atoms with Crippen molar-refractivity contribution in [3.63, 3.8) is 0 Å². The lowest BCUT2D eigenvalue weighted by atomic mass is 10.0. The molecule has 0 aromatic carbocycles. The highest BCUT2D eigenvalue weighted by Gasteiger charge is 2.38. The number of aldehydes is 1. The minimum atomic E-state index is -5.08. The molecule has 0 aliphatic carbocycles. The normalized spacial score (nSPS) is 15.5. The minimum absolute atomic E-state index is 0.248. The number of carbonyl (C=O) groups is 2. The molecular weight excluding hydrogens is 333 g/mol.